The Balaban J connectivity index is 1.68. The van der Waals surface area contributed by atoms with Crippen LogP contribution < -0.4 is 0 Å². The van der Waals surface area contributed by atoms with Crippen LogP contribution in [0.1, 0.15) is 43.7 Å². The van der Waals surface area contributed by atoms with Gasteiger partial charge in [-0.3, -0.25) is 0 Å². The van der Waals surface area contributed by atoms with Crippen molar-refractivity contribution in [2.24, 2.45) is 0 Å². The number of ether oxygens (including phenoxy) is 1. The maximum atomic E-state index is 12.3. The van der Waals surface area contributed by atoms with Gasteiger partial charge in [0.2, 0.25) is 0 Å². The fraction of sp³-hybridized carbons (Fsp3) is 0.286. The van der Waals surface area contributed by atoms with Crippen molar-refractivity contribution >= 4 is 11.5 Å². The maximum absolute atomic E-state index is 12.3. The summed E-state index contributed by atoms with van der Waals surface area (Å²) in [5, 5.41) is 0. The smallest absolute Gasteiger partial charge is 0.339 e. The van der Waals surface area contributed by atoms with Crippen LogP contribution in [0.25, 0.3) is 5.57 Å². The van der Waals surface area contributed by atoms with E-state index in [-0.39, 0.29) is 5.97 Å². The number of carbonyl (C=O) groups is 1. The molecule has 0 aliphatic heterocycles. The first-order valence-corrected chi connectivity index (χ1v) is 8.17. The molecule has 0 radical (unpaired) electrons. The van der Waals surface area contributed by atoms with Crippen LogP contribution in [-0.2, 0) is 9.53 Å². The summed E-state index contributed by atoms with van der Waals surface area (Å²) in [5.74, 6) is 0.568. The second-order valence-corrected chi connectivity index (χ2v) is 6.29. The summed E-state index contributed by atoms with van der Waals surface area (Å²) in [6.07, 6.45) is 11.3. The van der Waals surface area contributed by atoms with Crippen molar-refractivity contribution in [2.45, 2.75) is 39.5 Å². The van der Waals surface area contributed by atoms with Gasteiger partial charge in [0.1, 0.15) is 5.76 Å². The third-order valence-electron chi connectivity index (χ3n) is 4.38. The monoisotopic (exact) mass is 306 g/mol. The zero-order chi connectivity index (χ0) is 16.2. The fourth-order valence-electron chi connectivity index (χ4n) is 2.81. The molecule has 0 unspecified atom stereocenters. The third-order valence-corrected chi connectivity index (χ3v) is 4.38. The molecule has 1 aromatic rings. The lowest BCUT2D eigenvalue weighted by Crippen LogP contribution is -2.10. The van der Waals surface area contributed by atoms with Crippen LogP contribution in [0.2, 0.25) is 0 Å². The SMILES string of the molecule is CC1=CC=C(OC(=O)C2=CC=C(c3ccc(C)cc3)CC2)CC1. The molecule has 0 spiro atoms. The van der Waals surface area contributed by atoms with Gasteiger partial charge in [0.15, 0.2) is 0 Å². The minimum absolute atomic E-state index is 0.205. The fourth-order valence-corrected chi connectivity index (χ4v) is 2.81. The van der Waals surface area contributed by atoms with Crippen molar-refractivity contribution in [1.82, 2.24) is 0 Å². The molecule has 0 amide bonds. The number of esters is 1. The number of rotatable bonds is 3. The molecule has 118 valence electrons. The average molecular weight is 306 g/mol. The van der Waals surface area contributed by atoms with Gasteiger partial charge in [-0.15, -0.1) is 0 Å². The highest BCUT2D eigenvalue weighted by Crippen LogP contribution is 2.28. The van der Waals surface area contributed by atoms with Gasteiger partial charge in [0, 0.05) is 12.0 Å². The van der Waals surface area contributed by atoms with E-state index < -0.39 is 0 Å². The quantitative estimate of drug-likeness (QED) is 0.711. The van der Waals surface area contributed by atoms with E-state index in [1.807, 2.05) is 24.3 Å². The largest absolute Gasteiger partial charge is 0.428 e. The Labute approximate surface area is 137 Å². The predicted molar refractivity (Wildman–Crippen MR) is 93.6 cm³/mol. The first kappa shape index (κ1) is 15.5. The molecular weight excluding hydrogens is 284 g/mol. The van der Waals surface area contributed by atoms with Gasteiger partial charge < -0.3 is 4.74 Å². The first-order chi connectivity index (χ1) is 11.1. The van der Waals surface area contributed by atoms with E-state index in [0.717, 1.165) is 37.0 Å². The lowest BCUT2D eigenvalue weighted by Gasteiger charge is -2.16. The van der Waals surface area contributed by atoms with Gasteiger partial charge in [-0.2, -0.15) is 0 Å². The van der Waals surface area contributed by atoms with Crippen molar-refractivity contribution in [3.63, 3.8) is 0 Å². The molecule has 0 aromatic heterocycles. The molecule has 2 heteroatoms. The molecule has 0 atom stereocenters. The topological polar surface area (TPSA) is 26.3 Å². The van der Waals surface area contributed by atoms with E-state index >= 15 is 0 Å². The number of hydrogen-bond donors (Lipinski definition) is 0. The van der Waals surface area contributed by atoms with Crippen LogP contribution in [0, 0.1) is 6.92 Å². The van der Waals surface area contributed by atoms with Crippen LogP contribution in [-0.4, -0.2) is 5.97 Å². The molecular formula is C21H22O2. The number of carbonyl (C=O) groups excluding carboxylic acids is 1. The number of allylic oxidation sites excluding steroid dienone is 7. The van der Waals surface area contributed by atoms with Crippen molar-refractivity contribution in [3.8, 4) is 0 Å². The molecule has 0 heterocycles. The molecule has 0 fully saturated rings. The summed E-state index contributed by atoms with van der Waals surface area (Å²) in [6.45, 7) is 4.18. The minimum Gasteiger partial charge on any atom is -0.428 e. The summed E-state index contributed by atoms with van der Waals surface area (Å²) < 4.78 is 5.52. The number of benzene rings is 1. The van der Waals surface area contributed by atoms with E-state index in [0.29, 0.717) is 0 Å². The minimum atomic E-state index is -0.205. The lowest BCUT2D eigenvalue weighted by molar-refractivity contribution is -0.135. The standard InChI is InChI=1S/C21H22O2/c1-15-3-7-17(8-4-15)18-9-11-19(12-10-18)21(22)23-20-13-5-16(2)6-14-20/h3-5,7-9,11,13H,6,10,12,14H2,1-2H3. The zero-order valence-corrected chi connectivity index (χ0v) is 13.8. The van der Waals surface area contributed by atoms with E-state index in [4.69, 9.17) is 4.74 Å². The van der Waals surface area contributed by atoms with Crippen molar-refractivity contribution in [1.29, 1.82) is 0 Å². The average Bonchev–Trinajstić information content (AvgIpc) is 2.58. The molecule has 23 heavy (non-hydrogen) atoms. The second kappa shape index (κ2) is 6.82. The Morgan fingerprint density at radius 1 is 0.870 bits per heavy atom. The number of aryl methyl sites for hydroxylation is 1. The van der Waals surface area contributed by atoms with Crippen LogP contribution in [0.5, 0.6) is 0 Å². The maximum Gasteiger partial charge on any atom is 0.339 e. The Morgan fingerprint density at radius 3 is 2.26 bits per heavy atom. The van der Waals surface area contributed by atoms with Gasteiger partial charge in [-0.1, -0.05) is 53.6 Å². The van der Waals surface area contributed by atoms with Crippen LogP contribution in [0.15, 0.2) is 65.5 Å². The van der Waals surface area contributed by atoms with Gasteiger partial charge in [-0.25, -0.2) is 4.79 Å². The molecule has 2 aliphatic rings. The summed E-state index contributed by atoms with van der Waals surface area (Å²) in [6, 6.07) is 8.52. The van der Waals surface area contributed by atoms with Crippen LogP contribution in [0.3, 0.4) is 0 Å². The van der Waals surface area contributed by atoms with Gasteiger partial charge in [-0.05, 0) is 50.3 Å². The summed E-state index contributed by atoms with van der Waals surface area (Å²) in [5.41, 5.74) is 5.85. The molecule has 2 nitrogen and oxygen atoms in total. The van der Waals surface area contributed by atoms with Crippen molar-refractivity contribution in [3.05, 3.63) is 76.6 Å². The molecule has 1 aromatic carbocycles. The lowest BCUT2D eigenvalue weighted by atomic mass is 9.93. The Hall–Kier alpha value is -2.35. The second-order valence-electron chi connectivity index (χ2n) is 6.29. The normalized spacial score (nSPS) is 17.7. The molecule has 0 saturated carbocycles. The predicted octanol–water partition coefficient (Wildman–Crippen LogP) is 5.27. The Morgan fingerprint density at radius 2 is 1.65 bits per heavy atom. The third kappa shape index (κ3) is 3.89. The van der Waals surface area contributed by atoms with Crippen molar-refractivity contribution in [2.75, 3.05) is 0 Å². The highest BCUT2D eigenvalue weighted by atomic mass is 16.5. The summed E-state index contributed by atoms with van der Waals surface area (Å²) in [4.78, 5) is 12.3. The summed E-state index contributed by atoms with van der Waals surface area (Å²) in [7, 11) is 0. The Kier molecular flexibility index (Phi) is 4.61. The van der Waals surface area contributed by atoms with E-state index in [1.54, 1.807) is 0 Å². The molecule has 0 saturated heterocycles. The number of hydrogen-bond acceptors (Lipinski definition) is 2. The molecule has 3 rings (SSSR count). The van der Waals surface area contributed by atoms with Crippen molar-refractivity contribution < 1.29 is 9.53 Å². The first-order valence-electron chi connectivity index (χ1n) is 8.17. The summed E-state index contributed by atoms with van der Waals surface area (Å²) >= 11 is 0. The molecule has 0 bridgehead atoms. The Bertz CT molecular complexity index is 728. The molecule has 0 N–H and O–H groups in total. The van der Waals surface area contributed by atoms with Gasteiger partial charge in [0.25, 0.3) is 0 Å². The van der Waals surface area contributed by atoms with E-state index in [1.165, 1.54) is 22.3 Å². The highest BCUT2D eigenvalue weighted by Gasteiger charge is 2.17. The zero-order valence-electron chi connectivity index (χ0n) is 13.8. The highest BCUT2D eigenvalue weighted by molar-refractivity contribution is 5.91. The molecule has 2 aliphatic carbocycles. The van der Waals surface area contributed by atoms with Gasteiger partial charge in [0.05, 0.1) is 0 Å². The van der Waals surface area contributed by atoms with E-state index in [9.17, 15) is 4.79 Å². The van der Waals surface area contributed by atoms with Gasteiger partial charge >= 0.3 is 5.97 Å². The van der Waals surface area contributed by atoms with Crippen LogP contribution >= 0.6 is 0 Å². The van der Waals surface area contributed by atoms with E-state index in [2.05, 4.69) is 38.1 Å². The van der Waals surface area contributed by atoms with Crippen LogP contribution in [0.4, 0.5) is 0 Å².